The van der Waals surface area contributed by atoms with Crippen molar-refractivity contribution in [3.63, 3.8) is 0 Å². The summed E-state index contributed by atoms with van der Waals surface area (Å²) in [6.07, 6.45) is 0. The fourth-order valence-corrected chi connectivity index (χ4v) is 9.45. The molecule has 3 heteroatoms. The number of rotatable bonds is 6. The minimum absolute atomic E-state index is 0.858. The molecule has 0 N–H and O–H groups in total. The van der Waals surface area contributed by atoms with E-state index in [1.165, 1.54) is 53.2 Å². The molecule has 0 aliphatic carbocycles. The van der Waals surface area contributed by atoms with Gasteiger partial charge in [0.25, 0.3) is 0 Å². The van der Waals surface area contributed by atoms with Gasteiger partial charge in [-0.2, -0.15) is 0 Å². The van der Waals surface area contributed by atoms with E-state index in [-0.39, 0.29) is 0 Å². The summed E-state index contributed by atoms with van der Waals surface area (Å²) in [6, 6.07) is 72.0. The third kappa shape index (κ3) is 5.32. The Labute approximate surface area is 322 Å². The topological polar surface area (TPSA) is 16.4 Å². The van der Waals surface area contributed by atoms with Crippen molar-refractivity contribution < 1.29 is 4.42 Å². The molecule has 0 aliphatic rings. The first-order chi connectivity index (χ1) is 27.3. The molecular formula is C52H33NOS. The van der Waals surface area contributed by atoms with Crippen LogP contribution in [0.15, 0.2) is 205 Å². The number of hydrogen-bond donors (Lipinski definition) is 0. The molecule has 9 aromatic carbocycles. The molecule has 0 atom stereocenters. The maximum Gasteiger partial charge on any atom is 0.159 e. The number of para-hydroxylation sites is 2. The molecule has 0 aliphatic heterocycles. The highest BCUT2D eigenvalue weighted by Crippen LogP contribution is 2.46. The maximum absolute atomic E-state index is 6.99. The molecule has 0 bridgehead atoms. The van der Waals surface area contributed by atoms with Crippen LogP contribution in [0.1, 0.15) is 0 Å². The van der Waals surface area contributed by atoms with Crippen LogP contribution in [0.25, 0.3) is 86.3 Å². The molecule has 11 aromatic rings. The van der Waals surface area contributed by atoms with Crippen molar-refractivity contribution in [2.24, 2.45) is 0 Å². The summed E-state index contributed by atoms with van der Waals surface area (Å²) in [7, 11) is 0. The minimum atomic E-state index is 0.858. The van der Waals surface area contributed by atoms with Crippen molar-refractivity contribution in [1.82, 2.24) is 0 Å². The van der Waals surface area contributed by atoms with E-state index in [1.54, 1.807) is 0 Å². The van der Waals surface area contributed by atoms with Crippen LogP contribution in [-0.4, -0.2) is 0 Å². The lowest BCUT2D eigenvalue weighted by Gasteiger charge is -2.26. The van der Waals surface area contributed by atoms with Gasteiger partial charge in [-0.15, -0.1) is 11.3 Å². The molecule has 2 nitrogen and oxygen atoms in total. The second-order valence-corrected chi connectivity index (χ2v) is 15.1. The van der Waals surface area contributed by atoms with E-state index in [1.807, 2.05) is 11.3 Å². The molecule has 0 unspecified atom stereocenters. The fraction of sp³-hybridized carbons (Fsp3) is 0. The Kier molecular flexibility index (Phi) is 7.39. The van der Waals surface area contributed by atoms with Crippen LogP contribution in [-0.2, 0) is 0 Å². The molecule has 11 rings (SSSR count). The number of furan rings is 1. The molecule has 0 spiro atoms. The summed E-state index contributed by atoms with van der Waals surface area (Å²) in [5, 5.41) is 7.28. The monoisotopic (exact) mass is 719 g/mol. The van der Waals surface area contributed by atoms with E-state index in [0.29, 0.717) is 0 Å². The molecule has 0 saturated carbocycles. The van der Waals surface area contributed by atoms with Crippen LogP contribution in [0, 0.1) is 0 Å². The second-order valence-electron chi connectivity index (χ2n) is 14.1. The number of thiophene rings is 1. The van der Waals surface area contributed by atoms with Gasteiger partial charge in [0.15, 0.2) is 5.58 Å². The second kappa shape index (κ2) is 12.9. The van der Waals surface area contributed by atoms with Crippen molar-refractivity contribution in [2.75, 3.05) is 4.90 Å². The van der Waals surface area contributed by atoms with Crippen molar-refractivity contribution in [3.8, 4) is 33.4 Å². The largest absolute Gasteiger partial charge is 0.453 e. The average Bonchev–Trinajstić information content (AvgIpc) is 3.84. The lowest BCUT2D eigenvalue weighted by molar-refractivity contribution is 0.670. The lowest BCUT2D eigenvalue weighted by atomic mass is 10.00. The summed E-state index contributed by atoms with van der Waals surface area (Å²) >= 11 is 1.87. The van der Waals surface area contributed by atoms with Gasteiger partial charge < -0.3 is 9.32 Å². The first-order valence-corrected chi connectivity index (χ1v) is 19.5. The predicted molar refractivity (Wildman–Crippen MR) is 235 cm³/mol. The molecule has 2 aromatic heterocycles. The zero-order chi connectivity index (χ0) is 36.3. The Morgan fingerprint density at radius 1 is 0.364 bits per heavy atom. The van der Waals surface area contributed by atoms with Crippen molar-refractivity contribution in [3.05, 3.63) is 200 Å². The standard InChI is InChI=1S/C52H33NOS/c1-2-13-36(14-3-1)42-19-9-21-45-46-22-11-24-48(51(46)54-50(42)45)53(40-30-28-35(29-31-40)38-27-26-34-12-4-5-15-37(34)32-38)41-17-8-16-39(33-41)43-20-10-23-47-44-18-6-7-25-49(44)55-52(43)47/h1-33H. The highest BCUT2D eigenvalue weighted by molar-refractivity contribution is 7.26. The van der Waals surface area contributed by atoms with E-state index in [0.717, 1.165) is 50.1 Å². The highest BCUT2D eigenvalue weighted by Gasteiger charge is 2.22. The normalized spacial score (nSPS) is 11.6. The molecular weight excluding hydrogens is 687 g/mol. The number of anilines is 3. The van der Waals surface area contributed by atoms with Gasteiger partial charge in [-0.25, -0.2) is 0 Å². The van der Waals surface area contributed by atoms with E-state index < -0.39 is 0 Å². The minimum Gasteiger partial charge on any atom is -0.453 e. The van der Waals surface area contributed by atoms with Gasteiger partial charge in [0.1, 0.15) is 5.58 Å². The Morgan fingerprint density at radius 3 is 1.89 bits per heavy atom. The van der Waals surface area contributed by atoms with Crippen molar-refractivity contribution >= 4 is 81.3 Å². The molecule has 0 radical (unpaired) electrons. The predicted octanol–water partition coefficient (Wildman–Crippen LogP) is 15.6. The number of benzene rings is 9. The summed E-state index contributed by atoms with van der Waals surface area (Å²) < 4.78 is 9.60. The molecule has 0 fully saturated rings. The zero-order valence-corrected chi connectivity index (χ0v) is 30.6. The first-order valence-electron chi connectivity index (χ1n) is 18.7. The summed E-state index contributed by atoms with van der Waals surface area (Å²) in [5.41, 5.74) is 11.9. The third-order valence-corrected chi connectivity index (χ3v) is 12.1. The molecule has 0 amide bonds. The van der Waals surface area contributed by atoms with Gasteiger partial charge in [0, 0.05) is 47.9 Å². The van der Waals surface area contributed by atoms with Crippen LogP contribution < -0.4 is 4.90 Å². The first kappa shape index (κ1) is 31.6. The van der Waals surface area contributed by atoms with E-state index >= 15 is 0 Å². The van der Waals surface area contributed by atoms with Gasteiger partial charge in [0.2, 0.25) is 0 Å². The number of hydrogen-bond acceptors (Lipinski definition) is 3. The van der Waals surface area contributed by atoms with E-state index in [4.69, 9.17) is 4.42 Å². The summed E-state index contributed by atoms with van der Waals surface area (Å²) in [5.74, 6) is 0. The molecule has 2 heterocycles. The number of fused-ring (bicyclic) bond motifs is 7. The van der Waals surface area contributed by atoms with Gasteiger partial charge in [-0.05, 0) is 81.1 Å². The van der Waals surface area contributed by atoms with Crippen LogP contribution in [0.4, 0.5) is 17.1 Å². The molecule has 55 heavy (non-hydrogen) atoms. The van der Waals surface area contributed by atoms with Gasteiger partial charge in [-0.3, -0.25) is 0 Å². The van der Waals surface area contributed by atoms with Crippen molar-refractivity contribution in [2.45, 2.75) is 0 Å². The third-order valence-electron chi connectivity index (χ3n) is 10.9. The maximum atomic E-state index is 6.99. The van der Waals surface area contributed by atoms with Gasteiger partial charge in [0.05, 0.1) is 5.69 Å². The van der Waals surface area contributed by atoms with Crippen LogP contribution in [0.3, 0.4) is 0 Å². The summed E-state index contributed by atoms with van der Waals surface area (Å²) in [4.78, 5) is 2.35. The Morgan fingerprint density at radius 2 is 1.02 bits per heavy atom. The highest BCUT2D eigenvalue weighted by atomic mass is 32.1. The van der Waals surface area contributed by atoms with E-state index in [2.05, 4.69) is 205 Å². The van der Waals surface area contributed by atoms with Crippen LogP contribution >= 0.6 is 11.3 Å². The van der Waals surface area contributed by atoms with E-state index in [9.17, 15) is 0 Å². The molecule has 0 saturated heterocycles. The smallest absolute Gasteiger partial charge is 0.159 e. The average molecular weight is 720 g/mol. The van der Waals surface area contributed by atoms with Crippen LogP contribution in [0.2, 0.25) is 0 Å². The summed E-state index contributed by atoms with van der Waals surface area (Å²) in [6.45, 7) is 0. The van der Waals surface area contributed by atoms with Crippen LogP contribution in [0.5, 0.6) is 0 Å². The fourth-order valence-electron chi connectivity index (χ4n) is 8.21. The lowest BCUT2D eigenvalue weighted by Crippen LogP contribution is -2.10. The van der Waals surface area contributed by atoms with Gasteiger partial charge >= 0.3 is 0 Å². The zero-order valence-electron chi connectivity index (χ0n) is 29.8. The quantitative estimate of drug-likeness (QED) is 0.170. The Balaban J connectivity index is 1.10. The Bertz CT molecular complexity index is 3210. The number of nitrogens with zero attached hydrogens (tertiary/aromatic N) is 1. The SMILES string of the molecule is c1ccc(-c2cccc3c2oc2c(N(c4ccc(-c5ccc6ccccc6c5)cc4)c4cccc(-c5cccc6c5sc5ccccc56)c4)cccc23)cc1. The van der Waals surface area contributed by atoms with Crippen molar-refractivity contribution in [1.29, 1.82) is 0 Å². The molecule has 258 valence electrons. The Hall–Kier alpha value is -6.94. The van der Waals surface area contributed by atoms with Gasteiger partial charge in [-0.1, -0.05) is 158 Å².